The van der Waals surface area contributed by atoms with Gasteiger partial charge in [0, 0.05) is 0 Å². The molecule has 0 aromatic rings. The Morgan fingerprint density at radius 2 is 1.41 bits per heavy atom. The maximum Gasteiger partial charge on any atom is -0.00519 e. The van der Waals surface area contributed by atoms with Crippen LogP contribution in [0.2, 0.25) is 0 Å². The summed E-state index contributed by atoms with van der Waals surface area (Å²) >= 11 is 0. The Morgan fingerprint density at radius 3 is 1.94 bits per heavy atom. The normalized spacial score (nSPS) is 10.7. The molecule has 0 heterocycles. The van der Waals surface area contributed by atoms with E-state index < -0.39 is 0 Å². The molecule has 0 atom stereocenters. The molecule has 0 aromatic heterocycles. The lowest BCUT2D eigenvalue weighted by Gasteiger charge is -2.12. The minimum Gasteiger partial charge on any atom is -0.320 e. The average molecular weight is 237 g/mol. The third-order valence-corrected chi connectivity index (χ3v) is 3.29. The van der Waals surface area contributed by atoms with Crippen LogP contribution in [0.3, 0.4) is 0 Å². The molecule has 0 aliphatic rings. The van der Waals surface area contributed by atoms with E-state index in [1.165, 1.54) is 51.5 Å². The zero-order chi connectivity index (χ0) is 12.8. The van der Waals surface area contributed by atoms with Crippen LogP contribution in [-0.2, 0) is 0 Å². The molecule has 0 saturated carbocycles. The summed E-state index contributed by atoms with van der Waals surface area (Å²) < 4.78 is 0. The second kappa shape index (κ2) is 13.5. The molecule has 0 saturated heterocycles. The van der Waals surface area contributed by atoms with E-state index in [2.05, 4.69) is 18.5 Å². The fraction of sp³-hybridized carbons (Fsp3) is 0.750. The number of unbranched alkanes of at least 4 members (excludes halogenated alkanes) is 5. The highest BCUT2D eigenvalue weighted by Crippen LogP contribution is 2.19. The predicted octanol–water partition coefficient (Wildman–Crippen LogP) is 4.70. The van der Waals surface area contributed by atoms with Crippen LogP contribution < -0.4 is 5.32 Å². The molecule has 0 spiro atoms. The molecule has 0 rings (SSSR count). The van der Waals surface area contributed by atoms with E-state index in [1.54, 1.807) is 0 Å². The summed E-state index contributed by atoms with van der Waals surface area (Å²) in [5, 5.41) is 3.19. The first kappa shape index (κ1) is 16.4. The molecule has 17 heavy (non-hydrogen) atoms. The summed E-state index contributed by atoms with van der Waals surface area (Å²) in [6, 6.07) is 0. The zero-order valence-corrected chi connectivity index (χ0v) is 11.7. The Balaban J connectivity index is 3.29. The van der Waals surface area contributed by atoms with Gasteiger partial charge in [-0.1, -0.05) is 44.3 Å². The minimum absolute atomic E-state index is 0.786. The van der Waals surface area contributed by atoms with Crippen LogP contribution in [0.5, 0.6) is 0 Å². The predicted molar refractivity (Wildman–Crippen MR) is 79.4 cm³/mol. The van der Waals surface area contributed by atoms with Gasteiger partial charge in [-0.25, -0.2) is 0 Å². The molecular formula is C16H31N. The first-order chi connectivity index (χ1) is 8.35. The molecule has 100 valence electrons. The fourth-order valence-corrected chi connectivity index (χ4v) is 2.25. The summed E-state index contributed by atoms with van der Waals surface area (Å²) in [6.45, 7) is 8.82. The number of nitrogens with one attached hydrogen (secondary N) is 1. The van der Waals surface area contributed by atoms with Gasteiger partial charge in [-0.05, 0) is 45.2 Å². The second-order valence-electron chi connectivity index (χ2n) is 4.93. The minimum atomic E-state index is 0.786. The quantitative estimate of drug-likeness (QED) is 0.361. The largest absolute Gasteiger partial charge is 0.320 e. The molecule has 0 bridgehead atoms. The van der Waals surface area contributed by atoms with Gasteiger partial charge in [-0.3, -0.25) is 0 Å². The number of hydrogen-bond donors (Lipinski definition) is 1. The smallest absolute Gasteiger partial charge is 0.00519 e. The average Bonchev–Trinajstić information content (AvgIpc) is 2.33. The van der Waals surface area contributed by atoms with Crippen molar-refractivity contribution in [1.29, 1.82) is 0 Å². The van der Waals surface area contributed by atoms with Crippen molar-refractivity contribution in [3.8, 4) is 0 Å². The Morgan fingerprint density at radius 1 is 0.882 bits per heavy atom. The molecule has 0 amide bonds. The van der Waals surface area contributed by atoms with E-state index in [-0.39, 0.29) is 0 Å². The van der Waals surface area contributed by atoms with Gasteiger partial charge in [0.05, 0.1) is 0 Å². The molecular weight excluding hydrogens is 206 g/mol. The summed E-state index contributed by atoms with van der Waals surface area (Å²) in [4.78, 5) is 0. The number of allylic oxidation sites excluding steroid dienone is 2. The van der Waals surface area contributed by atoms with Gasteiger partial charge in [-0.15, -0.1) is 13.2 Å². The lowest BCUT2D eigenvalue weighted by Crippen LogP contribution is -2.06. The summed E-state index contributed by atoms with van der Waals surface area (Å²) in [5.41, 5.74) is 0. The van der Waals surface area contributed by atoms with Gasteiger partial charge in [0.1, 0.15) is 0 Å². The van der Waals surface area contributed by atoms with Crippen molar-refractivity contribution in [2.24, 2.45) is 5.92 Å². The topological polar surface area (TPSA) is 12.0 Å². The zero-order valence-electron chi connectivity index (χ0n) is 11.7. The van der Waals surface area contributed by atoms with E-state index in [9.17, 15) is 0 Å². The van der Waals surface area contributed by atoms with Crippen molar-refractivity contribution in [2.45, 2.75) is 57.8 Å². The highest BCUT2D eigenvalue weighted by Gasteiger charge is 2.04. The van der Waals surface area contributed by atoms with Crippen LogP contribution in [0.1, 0.15) is 57.8 Å². The van der Waals surface area contributed by atoms with Crippen LogP contribution in [0.4, 0.5) is 0 Å². The molecule has 0 fully saturated rings. The monoisotopic (exact) mass is 237 g/mol. The SMILES string of the molecule is C=CCC(CC=C)CCCCCCCCNC. The van der Waals surface area contributed by atoms with E-state index in [0.717, 1.165) is 18.8 Å². The van der Waals surface area contributed by atoms with E-state index in [4.69, 9.17) is 0 Å². The molecule has 1 nitrogen and oxygen atoms in total. The van der Waals surface area contributed by atoms with Crippen molar-refractivity contribution >= 4 is 0 Å². The van der Waals surface area contributed by atoms with E-state index in [0.29, 0.717) is 0 Å². The number of hydrogen-bond acceptors (Lipinski definition) is 1. The molecule has 1 N–H and O–H groups in total. The first-order valence-electron chi connectivity index (χ1n) is 7.21. The molecule has 0 aliphatic heterocycles. The van der Waals surface area contributed by atoms with Crippen LogP contribution in [0, 0.1) is 5.92 Å². The first-order valence-corrected chi connectivity index (χ1v) is 7.21. The lowest BCUT2D eigenvalue weighted by molar-refractivity contribution is 0.457. The second-order valence-corrected chi connectivity index (χ2v) is 4.93. The Bertz CT molecular complexity index is 164. The van der Waals surface area contributed by atoms with Gasteiger partial charge in [-0.2, -0.15) is 0 Å². The maximum absolute atomic E-state index is 3.83. The lowest BCUT2D eigenvalue weighted by atomic mass is 9.94. The van der Waals surface area contributed by atoms with Crippen molar-refractivity contribution in [2.75, 3.05) is 13.6 Å². The van der Waals surface area contributed by atoms with Crippen LogP contribution in [-0.4, -0.2) is 13.6 Å². The standard InChI is InChI=1S/C16H31N/c1-4-12-16(13-5-2)14-10-8-6-7-9-11-15-17-3/h4-5,16-17H,1-2,6-15H2,3H3. The van der Waals surface area contributed by atoms with E-state index in [1.807, 2.05) is 19.2 Å². The van der Waals surface area contributed by atoms with E-state index >= 15 is 0 Å². The summed E-state index contributed by atoms with van der Waals surface area (Å²) in [7, 11) is 2.03. The van der Waals surface area contributed by atoms with Gasteiger partial charge in [0.15, 0.2) is 0 Å². The van der Waals surface area contributed by atoms with Gasteiger partial charge in [0.25, 0.3) is 0 Å². The molecule has 0 unspecified atom stereocenters. The molecule has 0 aromatic carbocycles. The van der Waals surface area contributed by atoms with Crippen molar-refractivity contribution in [3.05, 3.63) is 25.3 Å². The molecule has 0 radical (unpaired) electrons. The molecule has 0 aliphatic carbocycles. The van der Waals surface area contributed by atoms with Crippen molar-refractivity contribution in [3.63, 3.8) is 0 Å². The van der Waals surface area contributed by atoms with Gasteiger partial charge < -0.3 is 5.32 Å². The van der Waals surface area contributed by atoms with Crippen LogP contribution >= 0.6 is 0 Å². The van der Waals surface area contributed by atoms with Gasteiger partial charge >= 0.3 is 0 Å². The van der Waals surface area contributed by atoms with Crippen molar-refractivity contribution < 1.29 is 0 Å². The summed E-state index contributed by atoms with van der Waals surface area (Å²) in [5.74, 6) is 0.786. The van der Waals surface area contributed by atoms with Crippen LogP contribution in [0.25, 0.3) is 0 Å². The summed E-state index contributed by atoms with van der Waals surface area (Å²) in [6.07, 6.45) is 16.0. The molecule has 1 heteroatoms. The maximum atomic E-state index is 3.83. The Kier molecular flexibility index (Phi) is 13.1. The Hall–Kier alpha value is -0.560. The highest BCUT2D eigenvalue weighted by atomic mass is 14.8. The highest BCUT2D eigenvalue weighted by molar-refractivity contribution is 4.79. The third-order valence-electron chi connectivity index (χ3n) is 3.29. The van der Waals surface area contributed by atoms with Gasteiger partial charge in [0.2, 0.25) is 0 Å². The Labute approximate surface area is 108 Å². The van der Waals surface area contributed by atoms with Crippen molar-refractivity contribution in [1.82, 2.24) is 5.32 Å². The third kappa shape index (κ3) is 11.7. The van der Waals surface area contributed by atoms with Crippen LogP contribution in [0.15, 0.2) is 25.3 Å². The number of rotatable bonds is 13. The fourth-order valence-electron chi connectivity index (χ4n) is 2.25.